The van der Waals surface area contributed by atoms with Gasteiger partial charge >= 0.3 is 5.97 Å². The molecule has 5 rings (SSSR count). The van der Waals surface area contributed by atoms with Crippen LogP contribution in [0.2, 0.25) is 0 Å². The molecule has 6 heteroatoms. The quantitative estimate of drug-likeness (QED) is 0.275. The van der Waals surface area contributed by atoms with Crippen molar-refractivity contribution in [2.24, 2.45) is 11.8 Å². The lowest BCUT2D eigenvalue weighted by Crippen LogP contribution is -2.31. The van der Waals surface area contributed by atoms with Gasteiger partial charge in [-0.2, -0.15) is 0 Å². The van der Waals surface area contributed by atoms with Crippen molar-refractivity contribution in [3.63, 3.8) is 0 Å². The van der Waals surface area contributed by atoms with Gasteiger partial charge in [-0.15, -0.1) is 0 Å². The van der Waals surface area contributed by atoms with E-state index in [2.05, 4.69) is 12.1 Å². The predicted octanol–water partition coefficient (Wildman–Crippen LogP) is 5.19. The molecule has 0 bridgehead atoms. The Morgan fingerprint density at radius 3 is 2.06 bits per heavy atom. The van der Waals surface area contributed by atoms with E-state index in [4.69, 9.17) is 4.74 Å². The number of benzene rings is 3. The van der Waals surface area contributed by atoms with Crippen LogP contribution in [0.4, 0.5) is 5.69 Å². The van der Waals surface area contributed by atoms with Crippen LogP contribution in [0.5, 0.6) is 0 Å². The Kier molecular flexibility index (Phi) is 6.51. The van der Waals surface area contributed by atoms with Crippen molar-refractivity contribution in [2.45, 2.75) is 38.2 Å². The molecule has 1 aliphatic heterocycles. The first-order valence-electron chi connectivity index (χ1n) is 12.3. The number of anilines is 1. The van der Waals surface area contributed by atoms with Gasteiger partial charge in [0.2, 0.25) is 17.6 Å². The summed E-state index contributed by atoms with van der Waals surface area (Å²) in [5.74, 6) is -1.64. The number of ether oxygens (including phenoxy) is 1. The molecule has 0 spiro atoms. The fourth-order valence-electron chi connectivity index (χ4n) is 5.33. The van der Waals surface area contributed by atoms with Crippen LogP contribution in [-0.4, -0.2) is 29.7 Å². The highest BCUT2D eigenvalue weighted by atomic mass is 16.5. The van der Waals surface area contributed by atoms with Crippen molar-refractivity contribution in [3.8, 4) is 0 Å². The molecule has 1 saturated heterocycles. The van der Waals surface area contributed by atoms with Gasteiger partial charge in [0, 0.05) is 5.56 Å². The molecular weight excluding hydrogens is 454 g/mol. The van der Waals surface area contributed by atoms with Crippen molar-refractivity contribution >= 4 is 29.3 Å². The third-order valence-electron chi connectivity index (χ3n) is 7.27. The zero-order chi connectivity index (χ0) is 25.2. The second kappa shape index (κ2) is 9.90. The van der Waals surface area contributed by atoms with Crippen LogP contribution < -0.4 is 4.90 Å². The number of hydrogen-bond acceptors (Lipinski definition) is 5. The van der Waals surface area contributed by atoms with Crippen LogP contribution in [0.1, 0.15) is 58.4 Å². The molecule has 36 heavy (non-hydrogen) atoms. The van der Waals surface area contributed by atoms with Gasteiger partial charge in [0.1, 0.15) is 0 Å². The monoisotopic (exact) mass is 481 g/mol. The number of carbonyl (C=O) groups excluding carboxylic acids is 4. The minimum atomic E-state index is -0.943. The SMILES string of the molecule is C[C@H](OC(=O)c1ccc(N2C(=O)[C@H]3CC[C@H](c4ccccc4)C[C@@H]3C2=O)cc1)C(=O)c1ccccc1. The maximum absolute atomic E-state index is 13.3. The van der Waals surface area contributed by atoms with Crippen LogP contribution in [0.15, 0.2) is 84.9 Å². The number of Topliss-reactive ketones (excluding diaryl/α,β-unsaturated/α-hetero) is 1. The standard InChI is InChI=1S/C30H27NO5/c1-19(27(32)21-10-6-3-7-11-21)36-30(35)22-12-15-24(16-13-22)31-28(33)25-17-14-23(18-26(25)29(31)34)20-8-4-2-5-9-20/h2-13,15-16,19,23,25-26H,14,17-18H2,1H3/t19-,23-,25-,26-/m0/s1. The highest BCUT2D eigenvalue weighted by molar-refractivity contribution is 6.22. The number of hydrogen-bond donors (Lipinski definition) is 0. The summed E-state index contributed by atoms with van der Waals surface area (Å²) in [7, 11) is 0. The Labute approximate surface area is 209 Å². The smallest absolute Gasteiger partial charge is 0.338 e. The second-order valence-corrected chi connectivity index (χ2v) is 9.47. The first-order chi connectivity index (χ1) is 17.4. The van der Waals surface area contributed by atoms with Gasteiger partial charge in [-0.05, 0) is 61.9 Å². The molecule has 2 fully saturated rings. The summed E-state index contributed by atoms with van der Waals surface area (Å²) < 4.78 is 5.36. The van der Waals surface area contributed by atoms with E-state index in [1.165, 1.54) is 29.5 Å². The van der Waals surface area contributed by atoms with E-state index < -0.39 is 12.1 Å². The molecule has 6 nitrogen and oxygen atoms in total. The van der Waals surface area contributed by atoms with E-state index in [1.54, 1.807) is 42.5 Å². The number of carbonyl (C=O) groups is 4. The maximum Gasteiger partial charge on any atom is 0.338 e. The van der Waals surface area contributed by atoms with Crippen LogP contribution in [-0.2, 0) is 14.3 Å². The minimum absolute atomic E-state index is 0.172. The molecule has 1 saturated carbocycles. The van der Waals surface area contributed by atoms with Crippen molar-refractivity contribution in [2.75, 3.05) is 4.90 Å². The largest absolute Gasteiger partial charge is 0.451 e. The van der Waals surface area contributed by atoms with Crippen molar-refractivity contribution in [3.05, 3.63) is 102 Å². The third kappa shape index (κ3) is 4.47. The molecule has 1 aliphatic carbocycles. The Hall–Kier alpha value is -4.06. The number of imide groups is 1. The summed E-state index contributed by atoms with van der Waals surface area (Å²) in [6.45, 7) is 1.54. The van der Waals surface area contributed by atoms with Crippen LogP contribution in [0, 0.1) is 11.8 Å². The number of amides is 2. The first-order valence-corrected chi connectivity index (χ1v) is 12.3. The average molecular weight is 482 g/mol. The summed E-state index contributed by atoms with van der Waals surface area (Å²) in [4.78, 5) is 52.8. The molecule has 182 valence electrons. The van der Waals surface area contributed by atoms with Crippen molar-refractivity contribution < 1.29 is 23.9 Å². The van der Waals surface area contributed by atoms with E-state index >= 15 is 0 Å². The normalized spacial score (nSPS) is 22.1. The Morgan fingerprint density at radius 2 is 1.39 bits per heavy atom. The summed E-state index contributed by atoms with van der Waals surface area (Å²) in [6, 6.07) is 25.0. The van der Waals surface area contributed by atoms with E-state index in [-0.39, 0.29) is 40.9 Å². The van der Waals surface area contributed by atoms with Gasteiger partial charge in [-0.25, -0.2) is 4.79 Å². The van der Waals surface area contributed by atoms with E-state index in [0.717, 1.165) is 6.42 Å². The maximum atomic E-state index is 13.3. The van der Waals surface area contributed by atoms with E-state index in [0.29, 0.717) is 24.1 Å². The molecule has 0 radical (unpaired) electrons. The number of nitrogens with zero attached hydrogens (tertiary/aromatic N) is 1. The van der Waals surface area contributed by atoms with Crippen LogP contribution >= 0.6 is 0 Å². The Balaban J connectivity index is 1.26. The number of ketones is 1. The summed E-state index contributed by atoms with van der Waals surface area (Å²) in [6.07, 6.45) is 1.28. The van der Waals surface area contributed by atoms with Crippen LogP contribution in [0.3, 0.4) is 0 Å². The lowest BCUT2D eigenvalue weighted by Gasteiger charge is -2.28. The van der Waals surface area contributed by atoms with E-state index in [1.807, 2.05) is 18.2 Å². The predicted molar refractivity (Wildman–Crippen MR) is 135 cm³/mol. The summed E-state index contributed by atoms with van der Waals surface area (Å²) in [5.41, 5.74) is 2.36. The second-order valence-electron chi connectivity index (χ2n) is 9.47. The molecule has 1 heterocycles. The third-order valence-corrected chi connectivity index (χ3v) is 7.27. The first kappa shape index (κ1) is 23.7. The van der Waals surface area contributed by atoms with Gasteiger partial charge in [0.15, 0.2) is 6.10 Å². The molecular formula is C30H27NO5. The molecule has 4 atom stereocenters. The zero-order valence-electron chi connectivity index (χ0n) is 20.0. The summed E-state index contributed by atoms with van der Waals surface area (Å²) in [5, 5.41) is 0. The van der Waals surface area contributed by atoms with Gasteiger partial charge in [-0.1, -0.05) is 60.7 Å². The highest BCUT2D eigenvalue weighted by Gasteiger charge is 2.50. The molecule has 2 aliphatic rings. The molecule has 2 amide bonds. The molecule has 3 aromatic carbocycles. The molecule has 0 aromatic heterocycles. The fourth-order valence-corrected chi connectivity index (χ4v) is 5.33. The van der Waals surface area contributed by atoms with E-state index in [9.17, 15) is 19.2 Å². The topological polar surface area (TPSA) is 80.8 Å². The molecule has 0 N–H and O–H groups in total. The summed E-state index contributed by atoms with van der Waals surface area (Å²) >= 11 is 0. The van der Waals surface area contributed by atoms with Gasteiger partial charge in [-0.3, -0.25) is 19.3 Å². The fraction of sp³-hybridized carbons (Fsp3) is 0.267. The van der Waals surface area contributed by atoms with Crippen LogP contribution in [0.25, 0.3) is 0 Å². The Morgan fingerprint density at radius 1 is 0.778 bits per heavy atom. The zero-order valence-corrected chi connectivity index (χ0v) is 20.0. The molecule has 0 unspecified atom stereocenters. The molecule has 3 aromatic rings. The highest BCUT2D eigenvalue weighted by Crippen LogP contribution is 2.45. The van der Waals surface area contributed by atoms with Gasteiger partial charge in [0.05, 0.1) is 23.1 Å². The van der Waals surface area contributed by atoms with Gasteiger partial charge < -0.3 is 4.74 Å². The van der Waals surface area contributed by atoms with Crippen molar-refractivity contribution in [1.29, 1.82) is 0 Å². The minimum Gasteiger partial charge on any atom is -0.451 e. The number of esters is 1. The number of rotatable bonds is 6. The van der Waals surface area contributed by atoms with Crippen molar-refractivity contribution in [1.82, 2.24) is 0 Å². The average Bonchev–Trinajstić information content (AvgIpc) is 3.18. The number of fused-ring (bicyclic) bond motifs is 1. The lowest BCUT2D eigenvalue weighted by molar-refractivity contribution is -0.122. The Bertz CT molecular complexity index is 1290. The van der Waals surface area contributed by atoms with Gasteiger partial charge in [0.25, 0.3) is 0 Å². The lowest BCUT2D eigenvalue weighted by atomic mass is 9.73.